The van der Waals surface area contributed by atoms with Gasteiger partial charge in [-0.05, 0) is 31.5 Å². The number of fused-ring (bicyclic) bond motifs is 1. The normalized spacial score (nSPS) is 31.4. The zero-order valence-corrected chi connectivity index (χ0v) is 10.5. The summed E-state index contributed by atoms with van der Waals surface area (Å²) in [5.74, 6) is 0.592. The predicted molar refractivity (Wildman–Crippen MR) is 66.2 cm³/mol. The van der Waals surface area contributed by atoms with E-state index in [0.29, 0.717) is 6.54 Å². The molecule has 1 aromatic rings. The van der Waals surface area contributed by atoms with Crippen LogP contribution in [0.25, 0.3) is 0 Å². The predicted octanol–water partition coefficient (Wildman–Crippen LogP) is 1.59. The number of ether oxygens (including phenoxy) is 1. The Bertz CT molecular complexity index is 461. The van der Waals surface area contributed by atoms with Crippen LogP contribution in [-0.4, -0.2) is 41.3 Å². The van der Waals surface area contributed by atoms with Gasteiger partial charge in [-0.2, -0.15) is 0 Å². The van der Waals surface area contributed by atoms with Crippen molar-refractivity contribution in [3.05, 3.63) is 29.6 Å². The van der Waals surface area contributed by atoms with E-state index in [4.69, 9.17) is 4.74 Å². The molecule has 2 atom stereocenters. The molecule has 0 aromatic heterocycles. The Kier molecular flexibility index (Phi) is 2.79. The molecule has 3 rings (SSSR count). The van der Waals surface area contributed by atoms with Crippen molar-refractivity contribution in [2.24, 2.45) is 0 Å². The summed E-state index contributed by atoms with van der Waals surface area (Å²) in [6, 6.07) is 4.68. The van der Waals surface area contributed by atoms with Crippen molar-refractivity contribution in [3.63, 3.8) is 0 Å². The van der Waals surface area contributed by atoms with Crippen molar-refractivity contribution in [1.29, 1.82) is 0 Å². The molecule has 2 aliphatic rings. The SMILES string of the molecule is CC1(O)CCN(CC2Cc3cc(F)ccc3O2)C1. The first-order valence-electron chi connectivity index (χ1n) is 6.42. The largest absolute Gasteiger partial charge is 0.488 e. The molecule has 0 spiro atoms. The van der Waals surface area contributed by atoms with Crippen LogP contribution in [0, 0.1) is 5.82 Å². The molecule has 0 radical (unpaired) electrons. The van der Waals surface area contributed by atoms with E-state index in [1.54, 1.807) is 12.1 Å². The molecule has 0 bridgehead atoms. The van der Waals surface area contributed by atoms with Crippen LogP contribution in [-0.2, 0) is 6.42 Å². The Hall–Kier alpha value is -1.13. The third-order valence-electron chi connectivity index (χ3n) is 3.76. The number of likely N-dealkylation sites (tertiary alicyclic amines) is 1. The smallest absolute Gasteiger partial charge is 0.123 e. The van der Waals surface area contributed by atoms with Gasteiger partial charge in [0.25, 0.3) is 0 Å². The first-order valence-corrected chi connectivity index (χ1v) is 6.42. The highest BCUT2D eigenvalue weighted by atomic mass is 19.1. The summed E-state index contributed by atoms with van der Waals surface area (Å²) in [5.41, 5.74) is 0.378. The number of rotatable bonds is 2. The minimum atomic E-state index is -0.572. The Morgan fingerprint density at radius 3 is 3.11 bits per heavy atom. The summed E-state index contributed by atoms with van der Waals surface area (Å²) in [7, 11) is 0. The zero-order valence-electron chi connectivity index (χ0n) is 10.5. The van der Waals surface area contributed by atoms with Crippen LogP contribution in [0.5, 0.6) is 5.75 Å². The maximum atomic E-state index is 13.1. The van der Waals surface area contributed by atoms with E-state index in [2.05, 4.69) is 4.90 Å². The lowest BCUT2D eigenvalue weighted by atomic mass is 10.1. The highest BCUT2D eigenvalue weighted by molar-refractivity contribution is 5.37. The topological polar surface area (TPSA) is 32.7 Å². The molecular weight excluding hydrogens is 233 g/mol. The van der Waals surface area contributed by atoms with E-state index in [1.165, 1.54) is 6.07 Å². The van der Waals surface area contributed by atoms with Crippen LogP contribution in [0.4, 0.5) is 4.39 Å². The van der Waals surface area contributed by atoms with Crippen molar-refractivity contribution < 1.29 is 14.2 Å². The van der Waals surface area contributed by atoms with Crippen LogP contribution in [0.3, 0.4) is 0 Å². The average molecular weight is 251 g/mol. The number of hydrogen-bond acceptors (Lipinski definition) is 3. The molecule has 2 aliphatic heterocycles. The van der Waals surface area contributed by atoms with Crippen LogP contribution in [0.2, 0.25) is 0 Å². The lowest BCUT2D eigenvalue weighted by Crippen LogP contribution is -2.36. The van der Waals surface area contributed by atoms with Gasteiger partial charge in [-0.1, -0.05) is 0 Å². The van der Waals surface area contributed by atoms with E-state index in [9.17, 15) is 9.50 Å². The molecule has 0 saturated carbocycles. The maximum Gasteiger partial charge on any atom is 0.123 e. The van der Waals surface area contributed by atoms with Crippen LogP contribution < -0.4 is 4.74 Å². The van der Waals surface area contributed by atoms with Gasteiger partial charge in [0.15, 0.2) is 0 Å². The first-order chi connectivity index (χ1) is 8.52. The molecule has 3 nitrogen and oxygen atoms in total. The van der Waals surface area contributed by atoms with Crippen molar-refractivity contribution in [3.8, 4) is 5.75 Å². The molecule has 1 fully saturated rings. The molecule has 1 aromatic carbocycles. The van der Waals surface area contributed by atoms with Gasteiger partial charge in [-0.3, -0.25) is 4.90 Å². The van der Waals surface area contributed by atoms with Gasteiger partial charge >= 0.3 is 0 Å². The lowest BCUT2D eigenvalue weighted by molar-refractivity contribution is 0.0629. The van der Waals surface area contributed by atoms with Gasteiger partial charge < -0.3 is 9.84 Å². The van der Waals surface area contributed by atoms with Crippen LogP contribution >= 0.6 is 0 Å². The second-order valence-electron chi connectivity index (χ2n) is 5.68. The molecule has 2 unspecified atom stereocenters. The summed E-state index contributed by atoms with van der Waals surface area (Å²) >= 11 is 0. The number of nitrogens with zero attached hydrogens (tertiary/aromatic N) is 1. The second kappa shape index (κ2) is 4.21. The Balaban J connectivity index is 1.61. The molecule has 1 N–H and O–H groups in total. The summed E-state index contributed by atoms with van der Waals surface area (Å²) in [5, 5.41) is 9.92. The fraction of sp³-hybridized carbons (Fsp3) is 0.571. The lowest BCUT2D eigenvalue weighted by Gasteiger charge is -2.21. The first kappa shape index (κ1) is 11.9. The van der Waals surface area contributed by atoms with Gasteiger partial charge in [0.1, 0.15) is 17.7 Å². The van der Waals surface area contributed by atoms with E-state index >= 15 is 0 Å². The quantitative estimate of drug-likeness (QED) is 0.866. The number of hydrogen-bond donors (Lipinski definition) is 1. The summed E-state index contributed by atoms with van der Waals surface area (Å²) in [6.07, 6.45) is 1.64. The number of halogens is 1. The standard InChI is InChI=1S/C14H18FNO2/c1-14(17)4-5-16(9-14)8-12-7-10-6-11(15)2-3-13(10)18-12/h2-3,6,12,17H,4-5,7-9H2,1H3. The minimum absolute atomic E-state index is 0.0794. The zero-order chi connectivity index (χ0) is 12.8. The molecule has 0 aliphatic carbocycles. The van der Waals surface area contributed by atoms with E-state index in [1.807, 2.05) is 6.92 Å². The fourth-order valence-electron chi connectivity index (χ4n) is 2.87. The molecule has 98 valence electrons. The Morgan fingerprint density at radius 1 is 1.56 bits per heavy atom. The fourth-order valence-corrected chi connectivity index (χ4v) is 2.87. The molecule has 0 amide bonds. The highest BCUT2D eigenvalue weighted by Crippen LogP contribution is 2.30. The van der Waals surface area contributed by atoms with E-state index in [0.717, 1.165) is 37.2 Å². The summed E-state index contributed by atoms with van der Waals surface area (Å²) < 4.78 is 18.9. The summed E-state index contributed by atoms with van der Waals surface area (Å²) in [4.78, 5) is 2.22. The van der Waals surface area contributed by atoms with Gasteiger partial charge in [-0.15, -0.1) is 0 Å². The van der Waals surface area contributed by atoms with Crippen LogP contribution in [0.1, 0.15) is 18.9 Å². The molecular formula is C14H18FNO2. The van der Waals surface area contributed by atoms with Crippen molar-refractivity contribution >= 4 is 0 Å². The monoisotopic (exact) mass is 251 g/mol. The van der Waals surface area contributed by atoms with Gasteiger partial charge in [0.05, 0.1) is 5.60 Å². The molecule has 2 heterocycles. The highest BCUT2D eigenvalue weighted by Gasteiger charge is 2.34. The number of benzene rings is 1. The Morgan fingerprint density at radius 2 is 2.39 bits per heavy atom. The van der Waals surface area contributed by atoms with E-state index < -0.39 is 5.60 Å². The van der Waals surface area contributed by atoms with Crippen molar-refractivity contribution in [2.75, 3.05) is 19.6 Å². The van der Waals surface area contributed by atoms with Gasteiger partial charge in [0.2, 0.25) is 0 Å². The van der Waals surface area contributed by atoms with Crippen molar-refractivity contribution in [1.82, 2.24) is 4.90 Å². The summed E-state index contributed by atoms with van der Waals surface area (Å²) in [6.45, 7) is 4.26. The van der Waals surface area contributed by atoms with E-state index in [-0.39, 0.29) is 11.9 Å². The molecule has 4 heteroatoms. The van der Waals surface area contributed by atoms with Crippen LogP contribution in [0.15, 0.2) is 18.2 Å². The average Bonchev–Trinajstić information content (AvgIpc) is 2.81. The third-order valence-corrected chi connectivity index (χ3v) is 3.76. The van der Waals surface area contributed by atoms with Gasteiger partial charge in [-0.25, -0.2) is 4.39 Å². The number of β-amino-alcohol motifs (C(OH)–C–C–N with tert-alkyl or cyclic N) is 1. The maximum absolute atomic E-state index is 13.1. The second-order valence-corrected chi connectivity index (χ2v) is 5.68. The van der Waals surface area contributed by atoms with Gasteiger partial charge in [0, 0.05) is 31.6 Å². The van der Waals surface area contributed by atoms with Crippen molar-refractivity contribution in [2.45, 2.75) is 31.5 Å². The third kappa shape index (κ3) is 2.35. The minimum Gasteiger partial charge on any atom is -0.488 e. The Labute approximate surface area is 106 Å². The molecule has 1 saturated heterocycles. The number of aliphatic hydroxyl groups is 1. The molecule has 18 heavy (non-hydrogen) atoms.